The Labute approximate surface area is 339 Å². The van der Waals surface area contributed by atoms with Crippen LogP contribution in [0.25, 0.3) is 0 Å². The molecule has 344 valence electrons. The molecule has 0 aliphatic rings. The summed E-state index contributed by atoms with van der Waals surface area (Å²) in [6, 6.07) is 0. The minimum atomic E-state index is -6.12. The molecule has 57 heavy (non-hydrogen) atoms. The largest absolute Gasteiger partial charge is 0.293 e. The topological polar surface area (TPSA) is 187 Å². The summed E-state index contributed by atoms with van der Waals surface area (Å²) in [6.45, 7) is 8.51. The third-order valence-electron chi connectivity index (χ3n) is 9.05. The third kappa shape index (κ3) is 16.9. The number of sulfonamides is 5. The Morgan fingerprint density at radius 3 is 0.719 bits per heavy atom. The van der Waals surface area contributed by atoms with Gasteiger partial charge in [0, 0.05) is 13.6 Å². The summed E-state index contributed by atoms with van der Waals surface area (Å²) in [6.07, 6.45) is -2.90. The minimum Gasteiger partial charge on any atom is -0.210 e. The van der Waals surface area contributed by atoms with E-state index in [0.29, 0.717) is 64.2 Å². The van der Waals surface area contributed by atoms with Gasteiger partial charge in [0.25, 0.3) is 5.79 Å². The predicted octanol–water partition coefficient (Wildman–Crippen LogP) is 7.45. The lowest BCUT2D eigenvalue weighted by Crippen LogP contribution is -2.78. The predicted molar refractivity (Wildman–Crippen MR) is 211 cm³/mol. The number of rotatable bonds is 36. The van der Waals surface area contributed by atoms with Crippen LogP contribution in [0.1, 0.15) is 163 Å². The minimum absolute atomic E-state index is 0.00683. The summed E-state index contributed by atoms with van der Waals surface area (Å²) in [4.78, 5) is 0. The highest BCUT2D eigenvalue weighted by Gasteiger charge is 2.73. The van der Waals surface area contributed by atoms with Gasteiger partial charge in [-0.05, 0) is 41.2 Å². The normalized spacial score (nSPS) is 14.0. The molecule has 0 saturated carbocycles. The van der Waals surface area contributed by atoms with E-state index in [2.05, 4.69) is 0 Å². The molecule has 0 radical (unpaired) electrons. The van der Waals surface area contributed by atoms with Crippen LogP contribution in [0.4, 0.5) is 22.4 Å². The standard InChI is InChI=1S/C32H66F5N5O10S5/c1-6-11-16-21-26-53(43,44)38(33)31(39(34)54(45,46)27-22-17-12-7-2)32(40(35)55(47,48)28-23-18-13-8-3,41(36)56(49,50)29-24-19-14-9-4)42(37)57(51,52)30-25-20-15-10-5/h31H,6-30H2,1-5H3. The van der Waals surface area contributed by atoms with Crippen LogP contribution in [0.5, 0.6) is 0 Å². The zero-order chi connectivity index (χ0) is 44.1. The Balaban J connectivity index is 8.66. The fourth-order valence-electron chi connectivity index (χ4n) is 5.69. The third-order valence-corrected chi connectivity index (χ3v) is 16.8. The SMILES string of the molecule is CCCCCCS(=O)(=O)N(F)C(N(F)S(=O)(=O)CCCCCC)C(N(F)S(=O)(=O)CCCCCC)(N(F)S(=O)(=O)CCCCCC)N(F)S(=O)(=O)CCCCCC. The van der Waals surface area contributed by atoms with Crippen LogP contribution < -0.4 is 0 Å². The summed E-state index contributed by atoms with van der Waals surface area (Å²) in [5.41, 5.74) is 0. The second-order valence-corrected chi connectivity index (χ2v) is 23.6. The van der Waals surface area contributed by atoms with E-state index in [1.165, 1.54) is 0 Å². The first kappa shape index (κ1) is 56.2. The van der Waals surface area contributed by atoms with Gasteiger partial charge >= 0.3 is 0 Å². The second-order valence-electron chi connectivity index (χ2n) is 14.1. The summed E-state index contributed by atoms with van der Waals surface area (Å²) in [5, 5.41) is 0. The average Bonchev–Trinajstić information content (AvgIpc) is 3.15. The lowest BCUT2D eigenvalue weighted by molar-refractivity contribution is -0.301. The molecule has 0 aromatic heterocycles. The monoisotopic (exact) mass is 935 g/mol. The highest BCUT2D eigenvalue weighted by atomic mass is 32.2. The molecule has 0 rings (SSSR count). The summed E-state index contributed by atoms with van der Waals surface area (Å²) < 4.78 is 212. The van der Waals surface area contributed by atoms with Crippen molar-refractivity contribution in [3.63, 3.8) is 0 Å². The van der Waals surface area contributed by atoms with Gasteiger partial charge < -0.3 is 0 Å². The molecule has 0 heterocycles. The highest BCUT2D eigenvalue weighted by Crippen LogP contribution is 2.44. The second kappa shape index (κ2) is 26.5. The van der Waals surface area contributed by atoms with Crippen molar-refractivity contribution in [2.45, 2.75) is 175 Å². The molecule has 0 aliphatic carbocycles. The summed E-state index contributed by atoms with van der Waals surface area (Å²) >= 11 is 0. The number of halogens is 5. The Kier molecular flexibility index (Phi) is 26.1. The van der Waals surface area contributed by atoms with E-state index >= 15 is 22.4 Å². The van der Waals surface area contributed by atoms with Gasteiger partial charge in [-0.25, -0.2) is 42.1 Å². The van der Waals surface area contributed by atoms with Gasteiger partial charge in [-0.1, -0.05) is 131 Å². The first-order chi connectivity index (χ1) is 26.5. The number of unbranched alkanes of at least 4 members (excludes halogenated alkanes) is 15. The van der Waals surface area contributed by atoms with Gasteiger partial charge in [-0.15, -0.1) is 22.4 Å². The summed E-state index contributed by atoms with van der Waals surface area (Å²) in [5.74, 6) is -12.9. The van der Waals surface area contributed by atoms with Crippen LogP contribution in [-0.2, 0) is 50.1 Å². The Hall–Kier alpha value is -0.800. The van der Waals surface area contributed by atoms with E-state index in [4.69, 9.17) is 0 Å². The molecule has 0 spiro atoms. The Bertz CT molecular complexity index is 1530. The molecule has 0 fully saturated rings. The lowest BCUT2D eigenvalue weighted by atomic mass is 10.2. The number of nitrogens with zero attached hydrogens (tertiary/aromatic N) is 5. The zero-order valence-electron chi connectivity index (χ0n) is 34.0. The quantitative estimate of drug-likeness (QED) is 0.0264. The van der Waals surface area contributed by atoms with Crippen LogP contribution >= 0.6 is 0 Å². The molecule has 0 bridgehead atoms. The average molecular weight is 936 g/mol. The van der Waals surface area contributed by atoms with Gasteiger partial charge in [0.2, 0.25) is 56.3 Å². The first-order valence-corrected chi connectivity index (χ1v) is 27.9. The van der Waals surface area contributed by atoms with Crippen molar-refractivity contribution < 1.29 is 64.5 Å². The van der Waals surface area contributed by atoms with Gasteiger partial charge in [0.15, 0.2) is 0 Å². The van der Waals surface area contributed by atoms with E-state index in [0.717, 1.165) is 0 Å². The molecule has 15 nitrogen and oxygen atoms in total. The van der Waals surface area contributed by atoms with Crippen molar-refractivity contribution in [3.05, 3.63) is 0 Å². The van der Waals surface area contributed by atoms with Gasteiger partial charge in [-0.2, -0.15) is 0 Å². The Morgan fingerprint density at radius 1 is 0.333 bits per heavy atom. The maximum absolute atomic E-state index is 17.3. The van der Waals surface area contributed by atoms with Crippen LogP contribution in [0.15, 0.2) is 0 Å². The molecule has 0 aliphatic heterocycles. The molecular weight excluding hydrogens is 870 g/mol. The highest BCUT2D eigenvalue weighted by molar-refractivity contribution is 7.91. The van der Waals surface area contributed by atoms with E-state index in [1.54, 1.807) is 34.6 Å². The Morgan fingerprint density at radius 2 is 0.526 bits per heavy atom. The molecule has 0 amide bonds. The number of hydrogen-bond acceptors (Lipinski definition) is 10. The van der Waals surface area contributed by atoms with Gasteiger partial charge in [0.1, 0.15) is 0 Å². The lowest BCUT2D eigenvalue weighted by Gasteiger charge is -2.47. The van der Waals surface area contributed by atoms with Crippen LogP contribution in [0, 0.1) is 0 Å². The maximum atomic E-state index is 17.3. The number of hydrogen-bond donors (Lipinski definition) is 0. The van der Waals surface area contributed by atoms with E-state index in [-0.39, 0.29) is 32.1 Å². The fourth-order valence-corrected chi connectivity index (χ4v) is 12.6. The molecular formula is C32H66F5N5O10S5. The van der Waals surface area contributed by atoms with Gasteiger partial charge in [-0.3, -0.25) is 0 Å². The van der Waals surface area contributed by atoms with Crippen LogP contribution in [0.3, 0.4) is 0 Å². The van der Waals surface area contributed by atoms with Crippen molar-refractivity contribution in [2.24, 2.45) is 0 Å². The van der Waals surface area contributed by atoms with Crippen LogP contribution in [0.2, 0.25) is 0 Å². The molecule has 25 heteroatoms. The van der Waals surface area contributed by atoms with Crippen LogP contribution in [-0.4, -0.2) is 105 Å². The molecule has 0 unspecified atom stereocenters. The molecule has 0 atom stereocenters. The molecule has 0 N–H and O–H groups in total. The van der Waals surface area contributed by atoms with E-state index < -0.39 is 146 Å². The molecule has 0 aromatic carbocycles. The van der Waals surface area contributed by atoms with Crippen molar-refractivity contribution >= 4 is 50.1 Å². The maximum Gasteiger partial charge on any atom is 0.293 e. The molecule has 0 aromatic rings. The van der Waals surface area contributed by atoms with Gasteiger partial charge in [0.05, 0.1) is 28.8 Å². The van der Waals surface area contributed by atoms with E-state index in [1.807, 2.05) is 0 Å². The van der Waals surface area contributed by atoms with Crippen molar-refractivity contribution in [1.82, 2.24) is 22.6 Å². The van der Waals surface area contributed by atoms with Crippen molar-refractivity contribution in [1.29, 1.82) is 0 Å². The van der Waals surface area contributed by atoms with Crippen molar-refractivity contribution in [2.75, 3.05) is 28.8 Å². The first-order valence-electron chi connectivity index (χ1n) is 19.9. The molecule has 0 saturated heterocycles. The fraction of sp³-hybridized carbons (Fsp3) is 1.00. The van der Waals surface area contributed by atoms with Crippen molar-refractivity contribution in [3.8, 4) is 0 Å². The van der Waals surface area contributed by atoms with E-state index in [9.17, 15) is 42.1 Å². The smallest absolute Gasteiger partial charge is 0.210 e. The summed E-state index contributed by atoms with van der Waals surface area (Å²) in [7, 11) is -30.2. The zero-order valence-corrected chi connectivity index (χ0v) is 38.1.